The normalized spacial score (nSPS) is 21.8. The van der Waals surface area contributed by atoms with E-state index in [0.717, 1.165) is 23.0 Å². The molecule has 2 aliphatic rings. The first-order valence-corrected chi connectivity index (χ1v) is 15.1. The van der Waals surface area contributed by atoms with Crippen LogP contribution in [0.15, 0.2) is 71.6 Å². The number of amides is 2. The summed E-state index contributed by atoms with van der Waals surface area (Å²) in [6.07, 6.45) is -0.124. The van der Waals surface area contributed by atoms with Crippen LogP contribution >= 0.6 is 8.58 Å². The zero-order valence-corrected chi connectivity index (χ0v) is 25.8. The number of nitriles is 1. The zero-order chi connectivity index (χ0) is 31.7. The lowest BCUT2D eigenvalue weighted by atomic mass is 9.79. The van der Waals surface area contributed by atoms with Crippen molar-refractivity contribution in [2.24, 2.45) is 11.3 Å². The summed E-state index contributed by atoms with van der Waals surface area (Å²) in [7, 11) is 1.54. The zero-order valence-electron chi connectivity index (χ0n) is 24.8. The third kappa shape index (κ3) is 6.31. The monoisotopic (exact) mass is 609 g/mol. The summed E-state index contributed by atoms with van der Waals surface area (Å²) in [6, 6.07) is 11.8. The van der Waals surface area contributed by atoms with Crippen molar-refractivity contribution in [3.05, 3.63) is 82.7 Å². The van der Waals surface area contributed by atoms with E-state index in [1.165, 1.54) is 21.9 Å². The molecule has 0 bridgehead atoms. The Hall–Kier alpha value is -3.76. The molecule has 2 amide bonds. The van der Waals surface area contributed by atoms with Crippen LogP contribution in [0.5, 0.6) is 0 Å². The summed E-state index contributed by atoms with van der Waals surface area (Å²) < 4.78 is 39.1. The fraction of sp³-hybridized carbons (Fsp3) is 0.394. The second kappa shape index (κ2) is 12.5. The highest BCUT2D eigenvalue weighted by atomic mass is 31.1. The molecular formula is C33H35F3N3O3P. The summed E-state index contributed by atoms with van der Waals surface area (Å²) >= 11 is 0. The molecule has 2 aromatic rings. The molecule has 2 aromatic carbocycles. The van der Waals surface area contributed by atoms with Crippen LogP contribution in [0.4, 0.5) is 13.2 Å². The molecule has 1 fully saturated rings. The highest BCUT2D eigenvalue weighted by Gasteiger charge is 2.56. The number of rotatable bonds is 7. The number of halogens is 3. The standard InChI is InChI=1S/C33H35F3N3O3P/c1-6-8-27-21(4)43-31(42)32(27)17-26(18-37)39(19-32)30(41)28(15-20(2)3)38(5)29(40)24-10-7-9-23(16-24)22-11-13-25(14-12-22)33(34,35)36/h6-14,16,20,26,28,43H,15,17,19H2,1-5H3/b8-6-/t26-,28-,32-/m0/s1. The maximum absolute atomic E-state index is 14.2. The van der Waals surface area contributed by atoms with Crippen molar-refractivity contribution in [2.75, 3.05) is 13.6 Å². The van der Waals surface area contributed by atoms with Crippen molar-refractivity contribution >= 4 is 25.9 Å². The molecule has 2 heterocycles. The third-order valence-electron chi connectivity index (χ3n) is 8.20. The van der Waals surface area contributed by atoms with Gasteiger partial charge >= 0.3 is 6.18 Å². The van der Waals surface area contributed by atoms with Gasteiger partial charge in [0.05, 0.1) is 17.0 Å². The number of hydrogen-bond acceptors (Lipinski definition) is 4. The van der Waals surface area contributed by atoms with E-state index in [1.807, 2.05) is 39.8 Å². The number of nitrogens with zero attached hydrogens (tertiary/aromatic N) is 3. The molecule has 0 saturated carbocycles. The van der Waals surface area contributed by atoms with Gasteiger partial charge in [-0.1, -0.05) is 50.3 Å². The van der Waals surface area contributed by atoms with Crippen LogP contribution in [0.3, 0.4) is 0 Å². The number of alkyl halides is 3. The SMILES string of the molecule is C/C=C\C1=C(C)PC(=O)[C@]12C[C@@H](C#N)N(C(=O)[C@H](CC(C)C)N(C)C(=O)c1cccc(-c3ccc(C(F)(F)F)cc3)c1)C2. The predicted molar refractivity (Wildman–Crippen MR) is 161 cm³/mol. The van der Waals surface area contributed by atoms with E-state index in [0.29, 0.717) is 17.5 Å². The Labute approximate surface area is 252 Å². The highest BCUT2D eigenvalue weighted by Crippen LogP contribution is 2.56. The van der Waals surface area contributed by atoms with Gasteiger partial charge < -0.3 is 9.80 Å². The number of likely N-dealkylation sites (tertiary alicyclic amines) is 1. The Morgan fingerprint density at radius 1 is 1.19 bits per heavy atom. The topological polar surface area (TPSA) is 81.5 Å². The molecule has 4 atom stereocenters. The first-order valence-electron chi connectivity index (χ1n) is 14.1. The van der Waals surface area contributed by atoms with E-state index >= 15 is 0 Å². The van der Waals surface area contributed by atoms with Gasteiger partial charge in [-0.25, -0.2) is 0 Å². The lowest BCUT2D eigenvalue weighted by molar-refractivity contribution is -0.138. The van der Waals surface area contributed by atoms with E-state index in [-0.39, 0.29) is 44.5 Å². The summed E-state index contributed by atoms with van der Waals surface area (Å²) in [6.45, 7) is 7.75. The van der Waals surface area contributed by atoms with E-state index < -0.39 is 35.1 Å². The van der Waals surface area contributed by atoms with Gasteiger partial charge in [0.25, 0.3) is 5.91 Å². The summed E-state index contributed by atoms with van der Waals surface area (Å²) in [4.78, 5) is 44.1. The van der Waals surface area contributed by atoms with Crippen molar-refractivity contribution in [1.82, 2.24) is 9.80 Å². The molecule has 0 aliphatic carbocycles. The first-order chi connectivity index (χ1) is 20.2. The predicted octanol–water partition coefficient (Wildman–Crippen LogP) is 7.04. The minimum atomic E-state index is -4.45. The molecule has 226 valence electrons. The van der Waals surface area contributed by atoms with Crippen molar-refractivity contribution in [3.63, 3.8) is 0 Å². The largest absolute Gasteiger partial charge is 0.416 e. The van der Waals surface area contributed by atoms with Crippen LogP contribution in [-0.4, -0.2) is 52.8 Å². The quantitative estimate of drug-likeness (QED) is 0.316. The van der Waals surface area contributed by atoms with Crippen LogP contribution in [-0.2, 0) is 15.8 Å². The molecule has 1 spiro atoms. The number of likely N-dealkylation sites (N-methyl/N-ethyl adjacent to an activating group) is 1. The molecule has 6 nitrogen and oxygen atoms in total. The van der Waals surface area contributed by atoms with Crippen LogP contribution in [0, 0.1) is 22.7 Å². The molecule has 0 aromatic heterocycles. The van der Waals surface area contributed by atoms with E-state index in [1.54, 1.807) is 31.3 Å². The maximum atomic E-state index is 14.2. The third-order valence-corrected chi connectivity index (χ3v) is 9.55. The van der Waals surface area contributed by atoms with Crippen molar-refractivity contribution in [3.8, 4) is 17.2 Å². The average molecular weight is 610 g/mol. The Bertz CT molecular complexity index is 1520. The minimum absolute atomic E-state index is 0.00628. The second-order valence-electron chi connectivity index (χ2n) is 11.6. The molecule has 43 heavy (non-hydrogen) atoms. The van der Waals surface area contributed by atoms with E-state index in [4.69, 9.17) is 0 Å². The van der Waals surface area contributed by atoms with Crippen molar-refractivity contribution < 1.29 is 27.6 Å². The molecule has 4 rings (SSSR count). The van der Waals surface area contributed by atoms with Gasteiger partial charge in [-0.05, 0) is 87.5 Å². The lowest BCUT2D eigenvalue weighted by Gasteiger charge is -2.33. The second-order valence-corrected chi connectivity index (χ2v) is 13.1. The van der Waals surface area contributed by atoms with Gasteiger partial charge in [0.15, 0.2) is 5.52 Å². The van der Waals surface area contributed by atoms with E-state index in [2.05, 4.69) is 6.07 Å². The van der Waals surface area contributed by atoms with Crippen LogP contribution in [0.25, 0.3) is 11.1 Å². The Morgan fingerprint density at radius 2 is 1.86 bits per heavy atom. The summed E-state index contributed by atoms with van der Waals surface area (Å²) in [5.74, 6) is -0.776. The Balaban J connectivity index is 1.63. The molecule has 10 heteroatoms. The molecule has 1 saturated heterocycles. The highest BCUT2D eigenvalue weighted by molar-refractivity contribution is 7.62. The van der Waals surface area contributed by atoms with Gasteiger partial charge in [0.2, 0.25) is 5.91 Å². The molecule has 0 N–H and O–H groups in total. The van der Waals surface area contributed by atoms with Crippen molar-refractivity contribution in [2.45, 2.75) is 58.8 Å². The number of carbonyl (C=O) groups excluding carboxylic acids is 3. The number of allylic oxidation sites excluding steroid dienone is 3. The van der Waals surface area contributed by atoms with Crippen LogP contribution in [0.2, 0.25) is 0 Å². The minimum Gasteiger partial charge on any atom is -0.330 e. The van der Waals surface area contributed by atoms with Gasteiger partial charge in [-0.3, -0.25) is 14.4 Å². The van der Waals surface area contributed by atoms with Crippen molar-refractivity contribution in [1.29, 1.82) is 5.26 Å². The fourth-order valence-electron chi connectivity index (χ4n) is 5.99. The number of carbonyl (C=O) groups is 3. The smallest absolute Gasteiger partial charge is 0.330 e. The first kappa shape index (κ1) is 32.2. The molecule has 1 unspecified atom stereocenters. The van der Waals surface area contributed by atoms with Crippen LogP contribution in [0.1, 0.15) is 56.5 Å². The van der Waals surface area contributed by atoms with E-state index in [9.17, 15) is 32.8 Å². The molecular weight excluding hydrogens is 574 g/mol. The Morgan fingerprint density at radius 3 is 2.44 bits per heavy atom. The number of hydrogen-bond donors (Lipinski definition) is 0. The Kier molecular flexibility index (Phi) is 9.32. The van der Waals surface area contributed by atoms with Crippen LogP contribution < -0.4 is 0 Å². The summed E-state index contributed by atoms with van der Waals surface area (Å²) in [5.41, 5.74) is 0.563. The van der Waals surface area contributed by atoms with Gasteiger partial charge in [0.1, 0.15) is 12.1 Å². The van der Waals surface area contributed by atoms with Gasteiger partial charge in [0, 0.05) is 19.2 Å². The molecule has 0 radical (unpaired) electrons. The number of benzene rings is 2. The maximum Gasteiger partial charge on any atom is 0.416 e. The molecule has 2 aliphatic heterocycles. The fourth-order valence-corrected chi connectivity index (χ4v) is 7.35. The lowest BCUT2D eigenvalue weighted by Crippen LogP contribution is -2.51. The van der Waals surface area contributed by atoms with Gasteiger partial charge in [-0.2, -0.15) is 18.4 Å². The van der Waals surface area contributed by atoms with Gasteiger partial charge in [-0.15, -0.1) is 0 Å². The summed E-state index contributed by atoms with van der Waals surface area (Å²) in [5, 5.41) is 11.0. The average Bonchev–Trinajstić information content (AvgIpc) is 3.47.